The predicted molar refractivity (Wildman–Crippen MR) is 217 cm³/mol. The molecule has 0 bridgehead atoms. The maximum Gasteiger partial charge on any atom is 0.410 e. The summed E-state index contributed by atoms with van der Waals surface area (Å²) < 4.78 is 10.5. The van der Waals surface area contributed by atoms with Gasteiger partial charge in [0.1, 0.15) is 5.60 Å². The molecular formula is C47H70N2O5. The monoisotopic (exact) mass is 743 g/mol. The molecule has 0 spiro atoms. The van der Waals surface area contributed by atoms with Crippen molar-refractivity contribution in [3.8, 4) is 0 Å². The van der Waals surface area contributed by atoms with E-state index >= 15 is 0 Å². The van der Waals surface area contributed by atoms with Crippen molar-refractivity contribution in [2.24, 2.45) is 57.2 Å². The Bertz CT molecular complexity index is 1640. The highest BCUT2D eigenvalue weighted by atomic mass is 16.6. The normalized spacial score (nSPS) is 35.5. The van der Waals surface area contributed by atoms with Gasteiger partial charge in [0.25, 0.3) is 0 Å². The molecule has 1 N–H and O–H groups in total. The Balaban J connectivity index is 1.21. The quantitative estimate of drug-likeness (QED) is 0.163. The predicted octanol–water partition coefficient (Wildman–Crippen LogP) is 10.5. The third-order valence-electron chi connectivity index (χ3n) is 15.8. The second-order valence-corrected chi connectivity index (χ2v) is 20.2. The summed E-state index contributed by atoms with van der Waals surface area (Å²) in [4.78, 5) is 40.8. The lowest BCUT2D eigenvalue weighted by molar-refractivity contribution is -0.163. The highest BCUT2D eigenvalue weighted by Gasteiger charge is 2.67. The first-order valence-electron chi connectivity index (χ1n) is 21.1. The van der Waals surface area contributed by atoms with Gasteiger partial charge < -0.3 is 19.7 Å². The second kappa shape index (κ2) is 14.8. The fraction of sp³-hybridized carbons (Fsp3) is 0.723. The van der Waals surface area contributed by atoms with Gasteiger partial charge in [-0.05, 0) is 167 Å². The number of hydrogen-bond donors (Lipinski definition) is 1. The fourth-order valence-corrected chi connectivity index (χ4v) is 13.3. The van der Waals surface area contributed by atoms with Crippen LogP contribution in [0, 0.1) is 57.2 Å². The van der Waals surface area contributed by atoms with Crippen LogP contribution in [0.5, 0.6) is 0 Å². The van der Waals surface area contributed by atoms with Crippen molar-refractivity contribution in [2.75, 3.05) is 27.2 Å². The number of hydrogen-bond acceptors (Lipinski definition) is 5. The van der Waals surface area contributed by atoms with E-state index in [-0.39, 0.29) is 39.6 Å². The summed E-state index contributed by atoms with van der Waals surface area (Å²) in [6, 6.07) is 8.04. The van der Waals surface area contributed by atoms with Crippen molar-refractivity contribution >= 4 is 23.5 Å². The number of carbonyl (C=O) groups is 3. The molecule has 5 aliphatic carbocycles. The Kier molecular flexibility index (Phi) is 11.1. The molecule has 6 rings (SSSR count). The molecule has 0 aromatic heterocycles. The molecule has 0 unspecified atom stereocenters. The van der Waals surface area contributed by atoms with E-state index in [0.717, 1.165) is 32.1 Å². The summed E-state index contributed by atoms with van der Waals surface area (Å²) in [7, 11) is 3.20. The zero-order chi connectivity index (χ0) is 39.4. The lowest BCUT2D eigenvalue weighted by atomic mass is 9.40. The van der Waals surface area contributed by atoms with Crippen molar-refractivity contribution in [3.63, 3.8) is 0 Å². The van der Waals surface area contributed by atoms with Gasteiger partial charge >= 0.3 is 12.1 Å². The van der Waals surface area contributed by atoms with Gasteiger partial charge in [0.05, 0.1) is 18.1 Å². The molecule has 9 atom stereocenters. The maximum absolute atomic E-state index is 14.5. The summed E-state index contributed by atoms with van der Waals surface area (Å²) in [5.41, 5.74) is 4.01. The number of fused-ring (bicyclic) bond motifs is 7. The minimum Gasteiger partial charge on any atom is -0.465 e. The summed E-state index contributed by atoms with van der Waals surface area (Å²) in [5.74, 6) is 3.03. The number of methoxy groups -OCH3 is 1. The number of amides is 2. The summed E-state index contributed by atoms with van der Waals surface area (Å²) in [6.07, 6.45) is 14.3. The summed E-state index contributed by atoms with van der Waals surface area (Å²) >= 11 is 0. The average Bonchev–Trinajstić information content (AvgIpc) is 3.43. The van der Waals surface area contributed by atoms with Crippen molar-refractivity contribution in [2.45, 2.75) is 132 Å². The standard InChI is InChI=1S/C47H70N2O5/c1-30(2)33-22-25-47(41(51)48-28-13-29-49(10)42(52)54-43(3,4)5)27-26-45(8)35-14-12-15-38-44(6,7)34(31-16-18-32(19-17-31)40(50)53-11)23-24-46(38,9)36(35)20-21-37(45)39(33)47/h16-19,23,33,35-39H,1,12-15,20-22,24-29H2,2-11H3,(H,48,51)/t33-,35-,36-,37+,38-,39+,45-,46+,47-/m0/s1. The van der Waals surface area contributed by atoms with Gasteiger partial charge in [-0.25, -0.2) is 9.59 Å². The van der Waals surface area contributed by atoms with Gasteiger partial charge in [0.2, 0.25) is 5.91 Å². The molecular weight excluding hydrogens is 673 g/mol. The Morgan fingerprint density at radius 1 is 0.907 bits per heavy atom. The average molecular weight is 743 g/mol. The van der Waals surface area contributed by atoms with E-state index in [0.29, 0.717) is 60.6 Å². The number of carbonyl (C=O) groups excluding carboxylic acids is 3. The van der Waals surface area contributed by atoms with Gasteiger partial charge in [-0.2, -0.15) is 0 Å². The number of rotatable bonds is 8. The van der Waals surface area contributed by atoms with Gasteiger partial charge in [-0.1, -0.05) is 64.5 Å². The molecule has 7 nitrogen and oxygen atoms in total. The van der Waals surface area contributed by atoms with E-state index in [1.807, 2.05) is 32.9 Å². The molecule has 0 heterocycles. The minimum absolute atomic E-state index is 0.00441. The van der Waals surface area contributed by atoms with Crippen LogP contribution < -0.4 is 5.32 Å². The molecule has 1 aromatic carbocycles. The van der Waals surface area contributed by atoms with E-state index in [4.69, 9.17) is 9.47 Å². The first kappa shape index (κ1) is 40.6. The molecule has 4 fully saturated rings. The highest BCUT2D eigenvalue weighted by molar-refractivity contribution is 5.90. The van der Waals surface area contributed by atoms with Gasteiger partial charge in [0.15, 0.2) is 0 Å². The molecule has 7 heteroatoms. The SMILES string of the molecule is C=C(C)[C@@H]1CC[C@]2(C(=O)NCCCN(C)C(=O)OC(C)(C)C)CC[C@]3(C)[C@H](CC[C@H]4[C@@H]3CCC[C@H]3C(C)(C)C(c5ccc(C(=O)OC)cc5)=CC[C@]43C)[C@@H]12. The molecule has 0 saturated heterocycles. The third-order valence-corrected chi connectivity index (χ3v) is 15.8. The summed E-state index contributed by atoms with van der Waals surface area (Å²) in [6.45, 7) is 23.7. The van der Waals surface area contributed by atoms with Crippen LogP contribution in [0.2, 0.25) is 0 Å². The van der Waals surface area contributed by atoms with Gasteiger partial charge in [0, 0.05) is 20.1 Å². The number of esters is 1. The number of nitrogens with one attached hydrogen (secondary N) is 1. The van der Waals surface area contributed by atoms with E-state index in [2.05, 4.69) is 64.7 Å². The molecule has 1 aromatic rings. The molecule has 4 saturated carbocycles. The van der Waals surface area contributed by atoms with Gasteiger partial charge in [-0.3, -0.25) is 4.79 Å². The number of ether oxygens (including phenoxy) is 2. The molecule has 298 valence electrons. The van der Waals surface area contributed by atoms with Crippen LogP contribution in [-0.2, 0) is 14.3 Å². The second-order valence-electron chi connectivity index (χ2n) is 20.2. The first-order valence-corrected chi connectivity index (χ1v) is 21.1. The lowest BCUT2D eigenvalue weighted by Gasteiger charge is -2.64. The van der Waals surface area contributed by atoms with Crippen LogP contribution in [0.25, 0.3) is 5.57 Å². The number of benzene rings is 1. The van der Waals surface area contributed by atoms with E-state index < -0.39 is 5.60 Å². The van der Waals surface area contributed by atoms with Gasteiger partial charge in [-0.15, -0.1) is 0 Å². The van der Waals surface area contributed by atoms with Crippen LogP contribution in [0.15, 0.2) is 42.5 Å². The lowest BCUT2D eigenvalue weighted by Crippen LogP contribution is -2.60. The largest absolute Gasteiger partial charge is 0.465 e. The minimum atomic E-state index is -0.531. The Hall–Kier alpha value is -3.09. The first-order chi connectivity index (χ1) is 25.3. The van der Waals surface area contributed by atoms with E-state index in [1.165, 1.54) is 55.9 Å². The number of nitrogens with zero attached hydrogens (tertiary/aromatic N) is 1. The van der Waals surface area contributed by atoms with Crippen LogP contribution >= 0.6 is 0 Å². The summed E-state index contributed by atoms with van der Waals surface area (Å²) in [5, 5.41) is 3.40. The van der Waals surface area contributed by atoms with E-state index in [9.17, 15) is 14.4 Å². The molecule has 5 aliphatic rings. The smallest absolute Gasteiger partial charge is 0.410 e. The third kappa shape index (κ3) is 6.97. The van der Waals surface area contributed by atoms with Crippen molar-refractivity contribution in [3.05, 3.63) is 53.6 Å². The Labute approximate surface area is 326 Å². The van der Waals surface area contributed by atoms with Crippen LogP contribution in [0.1, 0.15) is 142 Å². The zero-order valence-electron chi connectivity index (χ0n) is 35.2. The Morgan fingerprint density at radius 2 is 1.57 bits per heavy atom. The zero-order valence-corrected chi connectivity index (χ0v) is 35.2. The molecule has 2 amide bonds. The molecule has 0 aliphatic heterocycles. The fourth-order valence-electron chi connectivity index (χ4n) is 13.3. The number of allylic oxidation sites excluding steroid dienone is 3. The topological polar surface area (TPSA) is 84.9 Å². The van der Waals surface area contributed by atoms with Crippen molar-refractivity contribution < 1.29 is 23.9 Å². The molecule has 0 radical (unpaired) electrons. The van der Waals surface area contributed by atoms with Crippen LogP contribution in [-0.4, -0.2) is 55.7 Å². The van der Waals surface area contributed by atoms with Crippen LogP contribution in [0.4, 0.5) is 4.79 Å². The molecule has 54 heavy (non-hydrogen) atoms. The van der Waals surface area contributed by atoms with Crippen molar-refractivity contribution in [1.29, 1.82) is 0 Å². The van der Waals surface area contributed by atoms with Crippen LogP contribution in [0.3, 0.4) is 0 Å². The Morgan fingerprint density at radius 3 is 2.22 bits per heavy atom. The van der Waals surface area contributed by atoms with Crippen molar-refractivity contribution in [1.82, 2.24) is 10.2 Å². The maximum atomic E-state index is 14.5. The van der Waals surface area contributed by atoms with E-state index in [1.54, 1.807) is 11.9 Å². The highest BCUT2D eigenvalue weighted by Crippen LogP contribution is 2.73.